The van der Waals surface area contributed by atoms with Gasteiger partial charge in [0.15, 0.2) is 0 Å². The number of hydrogen-bond acceptors (Lipinski definition) is 3. The normalized spacial score (nSPS) is 13.1. The quantitative estimate of drug-likeness (QED) is 0.881. The lowest BCUT2D eigenvalue weighted by molar-refractivity contribution is -0.138. The van der Waals surface area contributed by atoms with Crippen molar-refractivity contribution in [2.75, 3.05) is 7.05 Å². The highest BCUT2D eigenvalue weighted by Crippen LogP contribution is 2.32. The molecule has 0 aromatic heterocycles. The second kappa shape index (κ2) is 7.55. The summed E-state index contributed by atoms with van der Waals surface area (Å²) in [5.41, 5.74) is -1.72. The number of benzene rings is 1. The summed E-state index contributed by atoms with van der Waals surface area (Å²) >= 11 is 0. The maximum Gasteiger partial charge on any atom is 0.416 e. The maximum absolute atomic E-state index is 13.1. The van der Waals surface area contributed by atoms with Gasteiger partial charge in [-0.25, -0.2) is 4.79 Å². The van der Waals surface area contributed by atoms with Gasteiger partial charge in [0.1, 0.15) is 11.6 Å². The number of hydrogen-bond donors (Lipinski definition) is 2. The Morgan fingerprint density at radius 2 is 1.75 bits per heavy atom. The summed E-state index contributed by atoms with van der Waals surface area (Å²) in [5, 5.41) is 4.63. The molecule has 1 atom stereocenters. The zero-order valence-corrected chi connectivity index (χ0v) is 14.0. The van der Waals surface area contributed by atoms with Gasteiger partial charge in [0.05, 0.1) is 5.56 Å². The van der Waals surface area contributed by atoms with E-state index in [4.69, 9.17) is 4.74 Å². The molecule has 1 aromatic rings. The van der Waals surface area contributed by atoms with Crippen molar-refractivity contribution in [3.05, 3.63) is 35.4 Å². The minimum absolute atomic E-state index is 0.0883. The average Bonchev–Trinajstić information content (AvgIpc) is 2.43. The van der Waals surface area contributed by atoms with E-state index in [1.54, 1.807) is 20.8 Å². The maximum atomic E-state index is 13.1. The number of ether oxygens (including phenoxy) is 1. The monoisotopic (exact) mass is 346 g/mol. The lowest BCUT2D eigenvalue weighted by Gasteiger charge is -2.23. The standard InChI is InChI=1S/C16H21F3N2O3/c1-15(2,3)24-14(23)21-12(13(22)20-4)9-10-7-5-6-8-11(10)16(17,18)19/h5-8,12H,9H2,1-4H3,(H,20,22)(H,21,23). The van der Waals surface area contributed by atoms with Gasteiger partial charge in [0.25, 0.3) is 0 Å². The first kappa shape index (κ1) is 19.8. The molecular weight excluding hydrogens is 325 g/mol. The van der Waals surface area contributed by atoms with Crippen molar-refractivity contribution >= 4 is 12.0 Å². The predicted molar refractivity (Wildman–Crippen MR) is 82.4 cm³/mol. The highest BCUT2D eigenvalue weighted by molar-refractivity contribution is 5.85. The molecule has 0 aliphatic carbocycles. The molecule has 2 N–H and O–H groups in total. The van der Waals surface area contributed by atoms with E-state index in [0.717, 1.165) is 6.07 Å². The number of amides is 2. The Morgan fingerprint density at radius 1 is 1.17 bits per heavy atom. The Labute approximate surface area is 138 Å². The molecule has 1 unspecified atom stereocenters. The summed E-state index contributed by atoms with van der Waals surface area (Å²) in [4.78, 5) is 23.7. The van der Waals surface area contributed by atoms with Gasteiger partial charge >= 0.3 is 12.3 Å². The molecule has 0 saturated heterocycles. The number of carbonyl (C=O) groups is 2. The van der Waals surface area contributed by atoms with E-state index in [9.17, 15) is 22.8 Å². The van der Waals surface area contributed by atoms with E-state index >= 15 is 0 Å². The SMILES string of the molecule is CNC(=O)C(Cc1ccccc1C(F)(F)F)NC(=O)OC(C)(C)C. The number of halogens is 3. The van der Waals surface area contributed by atoms with Crippen LogP contribution in [0.5, 0.6) is 0 Å². The molecule has 0 heterocycles. The predicted octanol–water partition coefficient (Wildman–Crippen LogP) is 2.89. The average molecular weight is 346 g/mol. The molecule has 2 amide bonds. The summed E-state index contributed by atoms with van der Waals surface area (Å²) in [6, 6.07) is 3.73. The first-order valence-electron chi connectivity index (χ1n) is 7.30. The van der Waals surface area contributed by atoms with Crippen molar-refractivity contribution in [2.45, 2.75) is 45.0 Å². The van der Waals surface area contributed by atoms with Crippen LogP contribution in [0.1, 0.15) is 31.9 Å². The number of alkyl carbamates (subject to hydrolysis) is 1. The molecule has 0 radical (unpaired) electrons. The zero-order valence-electron chi connectivity index (χ0n) is 14.0. The van der Waals surface area contributed by atoms with Gasteiger partial charge in [-0.05, 0) is 32.4 Å². The van der Waals surface area contributed by atoms with Crippen molar-refractivity contribution < 1.29 is 27.5 Å². The van der Waals surface area contributed by atoms with Crippen molar-refractivity contribution in [3.8, 4) is 0 Å². The summed E-state index contributed by atoms with van der Waals surface area (Å²) in [5.74, 6) is -0.613. The van der Waals surface area contributed by atoms with Gasteiger partial charge in [-0.15, -0.1) is 0 Å². The number of rotatable bonds is 4. The largest absolute Gasteiger partial charge is 0.444 e. The Balaban J connectivity index is 3.00. The highest BCUT2D eigenvalue weighted by Gasteiger charge is 2.34. The van der Waals surface area contributed by atoms with E-state index in [0.29, 0.717) is 0 Å². The fraction of sp³-hybridized carbons (Fsp3) is 0.500. The van der Waals surface area contributed by atoms with Crippen molar-refractivity contribution in [2.24, 2.45) is 0 Å². The van der Waals surface area contributed by atoms with Crippen LogP contribution in [0.3, 0.4) is 0 Å². The third-order valence-electron chi connectivity index (χ3n) is 3.00. The van der Waals surface area contributed by atoms with Gasteiger partial charge in [-0.2, -0.15) is 13.2 Å². The minimum atomic E-state index is -4.55. The van der Waals surface area contributed by atoms with Crippen molar-refractivity contribution in [3.63, 3.8) is 0 Å². The van der Waals surface area contributed by atoms with Crippen molar-refractivity contribution in [1.29, 1.82) is 0 Å². The Bertz CT molecular complexity index is 595. The minimum Gasteiger partial charge on any atom is -0.444 e. The van der Waals surface area contributed by atoms with Gasteiger partial charge in [0, 0.05) is 13.5 Å². The van der Waals surface area contributed by atoms with E-state index < -0.39 is 35.4 Å². The highest BCUT2D eigenvalue weighted by atomic mass is 19.4. The van der Waals surface area contributed by atoms with Crippen molar-refractivity contribution in [1.82, 2.24) is 10.6 Å². The Morgan fingerprint density at radius 3 is 2.25 bits per heavy atom. The second-order valence-electron chi connectivity index (χ2n) is 6.17. The fourth-order valence-corrected chi connectivity index (χ4v) is 2.03. The van der Waals surface area contributed by atoms with Gasteiger partial charge in [0.2, 0.25) is 5.91 Å². The first-order chi connectivity index (χ1) is 10.9. The van der Waals surface area contributed by atoms with Crippen LogP contribution in [0, 0.1) is 0 Å². The van der Waals surface area contributed by atoms with E-state index in [2.05, 4.69) is 10.6 Å². The summed E-state index contributed by atoms with van der Waals surface area (Å²) < 4.78 is 44.2. The van der Waals surface area contributed by atoms with Crippen LogP contribution in [0.15, 0.2) is 24.3 Å². The first-order valence-corrected chi connectivity index (χ1v) is 7.30. The van der Waals surface area contributed by atoms with Crippen LogP contribution >= 0.6 is 0 Å². The van der Waals surface area contributed by atoms with E-state index in [1.807, 2.05) is 0 Å². The molecule has 1 rings (SSSR count). The topological polar surface area (TPSA) is 67.4 Å². The second-order valence-corrected chi connectivity index (χ2v) is 6.17. The van der Waals surface area contributed by atoms with Gasteiger partial charge in [-0.1, -0.05) is 18.2 Å². The van der Waals surface area contributed by atoms with Crippen LogP contribution in [0.2, 0.25) is 0 Å². The molecule has 24 heavy (non-hydrogen) atoms. The Kier molecular flexibility index (Phi) is 6.22. The number of alkyl halides is 3. The number of carbonyl (C=O) groups excluding carboxylic acids is 2. The fourth-order valence-electron chi connectivity index (χ4n) is 2.03. The van der Waals surface area contributed by atoms with Crippen LogP contribution in [0.4, 0.5) is 18.0 Å². The van der Waals surface area contributed by atoms with Crippen LogP contribution in [-0.2, 0) is 22.1 Å². The molecule has 8 heteroatoms. The third kappa shape index (κ3) is 6.10. The number of likely N-dealkylation sites (N-methyl/N-ethyl adjacent to an activating group) is 1. The molecule has 134 valence electrons. The number of nitrogens with one attached hydrogen (secondary N) is 2. The van der Waals surface area contributed by atoms with Gasteiger partial charge in [-0.3, -0.25) is 4.79 Å². The lowest BCUT2D eigenvalue weighted by Crippen LogP contribution is -2.48. The molecule has 1 aromatic carbocycles. The Hall–Kier alpha value is -2.25. The smallest absolute Gasteiger partial charge is 0.416 e. The molecule has 0 saturated carbocycles. The summed E-state index contributed by atoms with van der Waals surface area (Å²) in [7, 11) is 1.34. The van der Waals surface area contributed by atoms with E-state index in [-0.39, 0.29) is 12.0 Å². The molecular formula is C16H21F3N2O3. The van der Waals surface area contributed by atoms with Crippen LogP contribution in [0.25, 0.3) is 0 Å². The molecule has 0 fully saturated rings. The van der Waals surface area contributed by atoms with Crippen LogP contribution in [-0.4, -0.2) is 30.7 Å². The van der Waals surface area contributed by atoms with E-state index in [1.165, 1.54) is 25.2 Å². The molecule has 5 nitrogen and oxygen atoms in total. The zero-order chi connectivity index (χ0) is 18.5. The molecule has 0 spiro atoms. The third-order valence-corrected chi connectivity index (χ3v) is 3.00. The molecule has 0 aliphatic heterocycles. The lowest BCUT2D eigenvalue weighted by atomic mass is 9.99. The molecule has 0 aliphatic rings. The van der Waals surface area contributed by atoms with Crippen LogP contribution < -0.4 is 10.6 Å². The summed E-state index contributed by atoms with van der Waals surface area (Å²) in [6.07, 6.45) is -5.73. The van der Waals surface area contributed by atoms with Gasteiger partial charge < -0.3 is 15.4 Å². The summed E-state index contributed by atoms with van der Waals surface area (Å²) in [6.45, 7) is 4.92. The molecule has 0 bridgehead atoms.